The molecule has 2 saturated heterocycles. The Morgan fingerprint density at radius 1 is 0.971 bits per heavy atom. The largest absolute Gasteiger partial charge is 0.448 e. The lowest BCUT2D eigenvalue weighted by atomic mass is 10.1. The Bertz CT molecular complexity index is 1340. The summed E-state index contributed by atoms with van der Waals surface area (Å²) in [7, 11) is 0. The molecule has 2 fully saturated rings. The zero-order valence-electron chi connectivity index (χ0n) is 22.2. The molecule has 1 aromatic heterocycles. The molecule has 0 unspecified atom stereocenters. The molecule has 0 bridgehead atoms. The van der Waals surface area contributed by atoms with Gasteiger partial charge in [-0.15, -0.1) is 0 Å². The lowest BCUT2D eigenvalue weighted by molar-refractivity contribution is 0.0997. The van der Waals surface area contributed by atoms with Gasteiger partial charge in [0.25, 0.3) is 5.91 Å². The minimum Gasteiger partial charge on any atom is -0.448 e. The van der Waals surface area contributed by atoms with Gasteiger partial charge in [-0.1, -0.05) is 6.07 Å². The number of fused-ring (bicyclic) bond motifs is 1. The van der Waals surface area contributed by atoms with Crippen molar-refractivity contribution in [3.8, 4) is 0 Å². The molecule has 0 radical (unpaired) electrons. The molecule has 2 aromatic carbocycles. The third kappa shape index (κ3) is 4.51. The Balaban J connectivity index is 1.39. The Morgan fingerprint density at radius 2 is 1.71 bits per heavy atom. The molecule has 0 aliphatic carbocycles. The maximum absolute atomic E-state index is 13.1. The Labute approximate surface area is 202 Å². The highest BCUT2D eigenvalue weighted by atomic mass is 16.5. The number of hydrogen-bond donors (Lipinski definition) is 1. The summed E-state index contributed by atoms with van der Waals surface area (Å²) in [5, 5.41) is 3.24. The highest BCUT2D eigenvalue weighted by Gasteiger charge is 2.21. The van der Waals surface area contributed by atoms with E-state index in [0.717, 1.165) is 24.3 Å². The third-order valence-corrected chi connectivity index (χ3v) is 6.41. The molecular weight excluding hydrogens is 432 g/mol. The number of ether oxygens (including phenoxy) is 1. The van der Waals surface area contributed by atoms with Crippen LogP contribution in [0.2, 0.25) is 0 Å². The van der Waals surface area contributed by atoms with Crippen LogP contribution in [0.1, 0.15) is 20.2 Å². The van der Waals surface area contributed by atoms with E-state index in [1.54, 1.807) is 0 Å². The molecule has 2 aliphatic heterocycles. The maximum atomic E-state index is 13.1. The van der Waals surface area contributed by atoms with Crippen LogP contribution in [-0.2, 0) is 4.74 Å². The fourth-order valence-electron chi connectivity index (χ4n) is 4.49. The molecule has 5 rings (SSSR count). The van der Waals surface area contributed by atoms with Gasteiger partial charge in [-0.05, 0) is 49.8 Å². The maximum Gasteiger partial charge on any atom is 0.291 e. The number of likely N-dealkylation sites (N-methyl/N-ethyl adjacent to an activating group) is 1. The van der Waals surface area contributed by atoms with Crippen molar-refractivity contribution in [2.75, 3.05) is 74.6 Å². The Hall–Kier alpha value is -3.36. The number of rotatable bonds is 4. The molecule has 8 nitrogen and oxygen atoms in total. The number of hydrogen-bond acceptors (Lipinski definition) is 7. The zero-order valence-corrected chi connectivity index (χ0v) is 19.2. The molecule has 34 heavy (non-hydrogen) atoms. The summed E-state index contributed by atoms with van der Waals surface area (Å²) in [6, 6.07) is 12.5. The zero-order chi connectivity index (χ0) is 26.2. The number of benzene rings is 2. The van der Waals surface area contributed by atoms with E-state index in [-0.39, 0.29) is 11.2 Å². The lowest BCUT2D eigenvalue weighted by Gasteiger charge is -2.34. The summed E-state index contributed by atoms with van der Waals surface area (Å²) in [4.78, 5) is 31.8. The van der Waals surface area contributed by atoms with E-state index in [1.165, 1.54) is 11.0 Å². The second-order valence-corrected chi connectivity index (χ2v) is 8.66. The monoisotopic (exact) mass is 468 g/mol. The molecule has 0 atom stereocenters. The van der Waals surface area contributed by atoms with Crippen molar-refractivity contribution in [3.63, 3.8) is 0 Å². The van der Waals surface area contributed by atoms with Crippen molar-refractivity contribution in [2.45, 2.75) is 6.92 Å². The van der Waals surface area contributed by atoms with Crippen LogP contribution >= 0.6 is 0 Å². The average Bonchev–Trinajstić information content (AvgIpc) is 2.89. The van der Waals surface area contributed by atoms with Gasteiger partial charge in [0.15, 0.2) is 16.8 Å². The molecule has 3 heterocycles. The van der Waals surface area contributed by atoms with Gasteiger partial charge in [0.1, 0.15) is 0 Å². The number of amides is 1. The van der Waals surface area contributed by atoms with Crippen molar-refractivity contribution in [2.24, 2.45) is 0 Å². The number of nitrogens with zero attached hydrogens (tertiary/aromatic N) is 3. The van der Waals surface area contributed by atoms with Crippen molar-refractivity contribution in [3.05, 3.63) is 64.0 Å². The quantitative estimate of drug-likeness (QED) is 0.631. The number of carbonyl (C=O) groups is 1. The molecule has 2 aliphatic rings. The van der Waals surface area contributed by atoms with Gasteiger partial charge in [-0.25, -0.2) is 0 Å². The van der Waals surface area contributed by atoms with Crippen molar-refractivity contribution in [1.82, 2.24) is 4.90 Å². The molecule has 3 aromatic rings. The molecule has 1 amide bonds. The average molecular weight is 469 g/mol. The van der Waals surface area contributed by atoms with Crippen LogP contribution < -0.4 is 20.5 Å². The molecule has 0 spiro atoms. The summed E-state index contributed by atoms with van der Waals surface area (Å²) >= 11 is 0. The Kier molecular flexibility index (Phi) is 5.30. The van der Waals surface area contributed by atoms with Crippen LogP contribution in [0.4, 0.5) is 17.1 Å². The third-order valence-electron chi connectivity index (χ3n) is 6.41. The lowest BCUT2D eigenvalue weighted by Crippen LogP contribution is -2.44. The number of morpholine rings is 1. The normalized spacial score (nSPS) is 18.9. The Morgan fingerprint density at radius 3 is 2.41 bits per heavy atom. The second-order valence-electron chi connectivity index (χ2n) is 8.66. The summed E-state index contributed by atoms with van der Waals surface area (Å²) in [6.07, 6.45) is 0. The number of carbonyl (C=O) groups excluding carboxylic acids is 1. The van der Waals surface area contributed by atoms with Crippen LogP contribution in [0.15, 0.2) is 51.7 Å². The van der Waals surface area contributed by atoms with Gasteiger partial charge >= 0.3 is 0 Å². The predicted octanol–water partition coefficient (Wildman–Crippen LogP) is 2.94. The summed E-state index contributed by atoms with van der Waals surface area (Å²) < 4.78 is 34.4. The van der Waals surface area contributed by atoms with Crippen molar-refractivity contribution < 1.29 is 18.1 Å². The van der Waals surface area contributed by atoms with Crippen LogP contribution in [0.3, 0.4) is 0 Å². The molecular formula is C26H30N4O4. The number of nitrogens with one attached hydrogen (secondary N) is 1. The first-order valence-electron chi connectivity index (χ1n) is 13.0. The summed E-state index contributed by atoms with van der Waals surface area (Å²) in [6.45, 7) is 4.35. The summed E-state index contributed by atoms with van der Waals surface area (Å²) in [5.74, 6) is -0.597. The van der Waals surface area contributed by atoms with Gasteiger partial charge in [-0.2, -0.15) is 0 Å². The van der Waals surface area contributed by atoms with Crippen LogP contribution in [0.5, 0.6) is 0 Å². The second kappa shape index (κ2) is 9.48. The molecule has 1 N–H and O–H groups in total. The van der Waals surface area contributed by atoms with Crippen LogP contribution in [-0.4, -0.2) is 70.3 Å². The van der Waals surface area contributed by atoms with Gasteiger partial charge in [0, 0.05) is 60.8 Å². The van der Waals surface area contributed by atoms with Crippen LogP contribution in [0.25, 0.3) is 11.0 Å². The van der Waals surface area contributed by atoms with E-state index >= 15 is 0 Å². The van der Waals surface area contributed by atoms with Gasteiger partial charge < -0.3 is 29.2 Å². The van der Waals surface area contributed by atoms with Gasteiger partial charge in [-0.3, -0.25) is 9.59 Å². The van der Waals surface area contributed by atoms with Gasteiger partial charge in [0.05, 0.1) is 24.3 Å². The van der Waals surface area contributed by atoms with Crippen molar-refractivity contribution in [1.29, 1.82) is 0 Å². The first-order chi connectivity index (χ1) is 17.7. The smallest absolute Gasteiger partial charge is 0.291 e. The van der Waals surface area contributed by atoms with Crippen LogP contribution in [0, 0.1) is 6.92 Å². The van der Waals surface area contributed by atoms with E-state index in [2.05, 4.69) is 10.2 Å². The molecule has 8 heteroatoms. The molecule has 178 valence electrons. The standard InChI is InChI=1S/C26H30N4O4/c1-18-3-8-21(30-11-9-28(2)10-12-30)25-24(18)22(31)17-23(34-25)26(32)27-19-4-6-20(7-5-19)29-13-15-33-16-14-29/h3-8,17H,9-16H2,1-2H3,(H,27,32)/i2T3. The first kappa shape index (κ1) is 19.0. The fraction of sp³-hybridized carbons (Fsp3) is 0.385. The van der Waals surface area contributed by atoms with Crippen molar-refractivity contribution >= 4 is 33.9 Å². The first-order valence-corrected chi connectivity index (χ1v) is 11.5. The minimum absolute atomic E-state index is 0.0808. The fourth-order valence-corrected chi connectivity index (χ4v) is 4.49. The SMILES string of the molecule is [3H]C([3H])([3H])N1CCN(c2ccc(C)c3c(=O)cc(C(=O)Nc4ccc(N5CCOCC5)cc4)oc23)CC1. The highest BCUT2D eigenvalue weighted by molar-refractivity contribution is 6.04. The van der Waals surface area contributed by atoms with E-state index in [1.807, 2.05) is 48.2 Å². The number of aryl methyl sites for hydroxylation is 1. The predicted molar refractivity (Wildman–Crippen MR) is 134 cm³/mol. The topological polar surface area (TPSA) is 78.3 Å². The van der Waals surface area contributed by atoms with Gasteiger partial charge in [0.2, 0.25) is 0 Å². The minimum atomic E-state index is -2.14. The number of piperazine rings is 1. The van der Waals surface area contributed by atoms with E-state index in [4.69, 9.17) is 13.3 Å². The van der Waals surface area contributed by atoms with E-state index in [9.17, 15) is 9.59 Å². The highest BCUT2D eigenvalue weighted by Crippen LogP contribution is 2.29. The van der Waals surface area contributed by atoms with E-state index < -0.39 is 12.9 Å². The molecule has 0 saturated carbocycles. The number of anilines is 3. The summed E-state index contributed by atoms with van der Waals surface area (Å²) in [5.41, 5.74) is 3.11. The van der Waals surface area contributed by atoms with E-state index in [0.29, 0.717) is 61.7 Å².